The van der Waals surface area contributed by atoms with Crippen LogP contribution in [0.1, 0.15) is 33.9 Å². The molecule has 2 amide bonds. The third kappa shape index (κ3) is 6.32. The number of likely N-dealkylation sites (tertiary alicyclic amines) is 1. The normalized spacial score (nSPS) is 17.7. The highest BCUT2D eigenvalue weighted by molar-refractivity contribution is 7.09. The van der Waals surface area contributed by atoms with Crippen LogP contribution in [-0.2, 0) is 16.1 Å². The van der Waals surface area contributed by atoms with Crippen molar-refractivity contribution in [3.63, 3.8) is 0 Å². The van der Waals surface area contributed by atoms with Crippen molar-refractivity contribution in [2.24, 2.45) is 0 Å². The number of thiazole rings is 1. The van der Waals surface area contributed by atoms with Gasteiger partial charge >= 0.3 is 12.1 Å². The van der Waals surface area contributed by atoms with Gasteiger partial charge in [-0.05, 0) is 38.0 Å². The highest BCUT2D eigenvalue weighted by atomic mass is 32.1. The molecule has 9 nitrogen and oxygen atoms in total. The summed E-state index contributed by atoms with van der Waals surface area (Å²) in [5.74, 6) is -2.03. The first-order valence-corrected chi connectivity index (χ1v) is 12.0. The van der Waals surface area contributed by atoms with Gasteiger partial charge in [-0.15, -0.1) is 11.3 Å². The molecule has 2 saturated heterocycles. The number of carboxylic acid groups (broad SMARTS) is 1. The number of ether oxygens (including phenoxy) is 1. The van der Waals surface area contributed by atoms with E-state index >= 15 is 0 Å². The van der Waals surface area contributed by atoms with Crippen molar-refractivity contribution < 1.29 is 37.4 Å². The van der Waals surface area contributed by atoms with Gasteiger partial charge in [0.2, 0.25) is 5.91 Å². The van der Waals surface area contributed by atoms with Gasteiger partial charge in [0.25, 0.3) is 5.91 Å². The number of piperazine rings is 1. The fraction of sp³-hybridized carbons (Fsp3) is 0.478. The van der Waals surface area contributed by atoms with Gasteiger partial charge in [0.15, 0.2) is 0 Å². The van der Waals surface area contributed by atoms with Gasteiger partial charge in [-0.3, -0.25) is 14.5 Å². The van der Waals surface area contributed by atoms with E-state index < -0.39 is 17.7 Å². The number of alkyl halides is 3. The van der Waals surface area contributed by atoms with E-state index in [0.717, 1.165) is 17.2 Å². The number of carbonyl (C=O) groups excluding carboxylic acids is 2. The van der Waals surface area contributed by atoms with Gasteiger partial charge in [-0.1, -0.05) is 6.07 Å². The molecule has 1 aromatic heterocycles. The first-order chi connectivity index (χ1) is 17.0. The molecule has 2 aliphatic rings. The number of hydrogen-bond acceptors (Lipinski definition) is 7. The molecule has 1 aromatic carbocycles. The standard InChI is InChI=1S/C21H26N4O3S.C2HF3O2/c1-15-23-17(14-29-15)13-25-11-8-22-20(27)21(25)6-9-24(10-7-21)19(26)16-4-3-5-18(12-16)28-2;3-2(4,5)1(6)7/h3-5,12,14H,6-11,13H2,1-2H3,(H,22,27);(H,6,7). The maximum atomic E-state index is 12.9. The zero-order chi connectivity index (χ0) is 26.5. The molecule has 13 heteroatoms. The largest absolute Gasteiger partial charge is 0.497 e. The predicted molar refractivity (Wildman–Crippen MR) is 125 cm³/mol. The Morgan fingerprint density at radius 1 is 1.25 bits per heavy atom. The summed E-state index contributed by atoms with van der Waals surface area (Å²) in [6, 6.07) is 7.21. The first-order valence-electron chi connectivity index (χ1n) is 11.1. The van der Waals surface area contributed by atoms with E-state index in [4.69, 9.17) is 14.6 Å². The smallest absolute Gasteiger partial charge is 0.490 e. The number of rotatable bonds is 4. The van der Waals surface area contributed by atoms with Crippen LogP contribution in [0, 0.1) is 6.92 Å². The quantitative estimate of drug-likeness (QED) is 0.628. The van der Waals surface area contributed by atoms with Crippen LogP contribution in [-0.4, -0.2) is 82.7 Å². The number of aryl methyl sites for hydroxylation is 1. The number of methoxy groups -OCH3 is 1. The number of hydrogen-bond donors (Lipinski definition) is 2. The second-order valence-corrected chi connectivity index (χ2v) is 9.46. The molecule has 2 N–H and O–H groups in total. The van der Waals surface area contributed by atoms with Crippen LogP contribution < -0.4 is 10.1 Å². The first kappa shape index (κ1) is 27.4. The van der Waals surface area contributed by atoms with Crippen molar-refractivity contribution >= 4 is 29.1 Å². The number of amides is 2. The van der Waals surface area contributed by atoms with Gasteiger partial charge in [0.05, 0.1) is 17.8 Å². The molecule has 0 radical (unpaired) electrons. The van der Waals surface area contributed by atoms with Gasteiger partial charge in [-0.25, -0.2) is 9.78 Å². The molecule has 1 spiro atoms. The summed E-state index contributed by atoms with van der Waals surface area (Å²) in [7, 11) is 1.59. The topological polar surface area (TPSA) is 112 Å². The molecule has 2 aliphatic heterocycles. The maximum absolute atomic E-state index is 12.9. The number of nitrogens with zero attached hydrogens (tertiary/aromatic N) is 3. The number of carbonyl (C=O) groups is 3. The summed E-state index contributed by atoms with van der Waals surface area (Å²) < 4.78 is 37.0. The number of aromatic nitrogens is 1. The van der Waals surface area contributed by atoms with Crippen molar-refractivity contribution in [1.82, 2.24) is 20.1 Å². The molecule has 36 heavy (non-hydrogen) atoms. The minimum absolute atomic E-state index is 0.0170. The third-order valence-corrected chi connectivity index (χ3v) is 6.97. The van der Waals surface area contributed by atoms with Gasteiger partial charge in [0.1, 0.15) is 11.3 Å². The number of carboxylic acids is 1. The molecule has 0 saturated carbocycles. The highest BCUT2D eigenvalue weighted by Crippen LogP contribution is 2.33. The van der Waals surface area contributed by atoms with E-state index in [9.17, 15) is 22.8 Å². The molecule has 4 rings (SSSR count). The zero-order valence-electron chi connectivity index (χ0n) is 19.8. The summed E-state index contributed by atoms with van der Waals surface area (Å²) >= 11 is 1.63. The maximum Gasteiger partial charge on any atom is 0.490 e. The average molecular weight is 529 g/mol. The third-order valence-electron chi connectivity index (χ3n) is 6.15. The number of halogens is 3. The second-order valence-electron chi connectivity index (χ2n) is 8.39. The SMILES string of the molecule is COc1cccc(C(=O)N2CCC3(CC2)C(=O)NCCN3Cc2csc(C)n2)c1.O=C(O)C(F)(F)F. The minimum Gasteiger partial charge on any atom is -0.497 e. The lowest BCUT2D eigenvalue weighted by molar-refractivity contribution is -0.192. The minimum atomic E-state index is -5.08. The Morgan fingerprint density at radius 3 is 2.47 bits per heavy atom. The molecule has 0 bridgehead atoms. The van der Waals surface area contributed by atoms with Crippen molar-refractivity contribution in [3.8, 4) is 5.75 Å². The van der Waals surface area contributed by atoms with E-state index in [1.165, 1.54) is 0 Å². The van der Waals surface area contributed by atoms with Crippen molar-refractivity contribution in [3.05, 3.63) is 45.9 Å². The Balaban J connectivity index is 0.000000454. The molecule has 2 aromatic rings. The average Bonchev–Trinajstić information content (AvgIpc) is 3.26. The van der Waals surface area contributed by atoms with Crippen molar-refractivity contribution in [1.29, 1.82) is 0 Å². The van der Waals surface area contributed by atoms with Gasteiger partial charge in [0, 0.05) is 43.7 Å². The monoisotopic (exact) mass is 528 g/mol. The van der Waals surface area contributed by atoms with E-state index in [1.807, 2.05) is 24.0 Å². The van der Waals surface area contributed by atoms with Crippen molar-refractivity contribution in [2.45, 2.75) is 38.0 Å². The van der Waals surface area contributed by atoms with Crippen molar-refractivity contribution in [2.75, 3.05) is 33.3 Å². The van der Waals surface area contributed by atoms with E-state index in [2.05, 4.69) is 20.6 Å². The van der Waals surface area contributed by atoms with E-state index in [1.54, 1.807) is 30.6 Å². The number of piperidine rings is 1. The lowest BCUT2D eigenvalue weighted by Gasteiger charge is -2.49. The Bertz CT molecular complexity index is 1100. The van der Waals surface area contributed by atoms with Crippen LogP contribution >= 0.6 is 11.3 Å². The molecule has 196 valence electrons. The number of nitrogens with one attached hydrogen (secondary N) is 1. The van der Waals surface area contributed by atoms with Crippen LogP contribution in [0.4, 0.5) is 13.2 Å². The Morgan fingerprint density at radius 2 is 1.92 bits per heavy atom. The van der Waals surface area contributed by atoms with Crippen LogP contribution in [0.25, 0.3) is 0 Å². The molecule has 3 heterocycles. The molecule has 0 atom stereocenters. The predicted octanol–water partition coefficient (Wildman–Crippen LogP) is 2.70. The Hall–Kier alpha value is -3.19. The highest BCUT2D eigenvalue weighted by Gasteiger charge is 2.48. The molecule has 0 unspecified atom stereocenters. The van der Waals surface area contributed by atoms with Crippen LogP contribution in [0.2, 0.25) is 0 Å². The lowest BCUT2D eigenvalue weighted by atomic mass is 9.82. The van der Waals surface area contributed by atoms with Crippen LogP contribution in [0.5, 0.6) is 5.75 Å². The number of benzene rings is 1. The Labute approximate surface area is 209 Å². The summed E-state index contributed by atoms with van der Waals surface area (Å²) in [5.41, 5.74) is 1.06. The van der Waals surface area contributed by atoms with Crippen LogP contribution in [0.3, 0.4) is 0 Å². The molecular formula is C23H27F3N4O5S. The summed E-state index contributed by atoms with van der Waals surface area (Å²) in [4.78, 5) is 43.4. The van der Waals surface area contributed by atoms with Gasteiger partial charge < -0.3 is 20.1 Å². The van der Waals surface area contributed by atoms with Gasteiger partial charge in [-0.2, -0.15) is 13.2 Å². The molecular weight excluding hydrogens is 501 g/mol. The fourth-order valence-corrected chi connectivity index (χ4v) is 4.90. The number of aliphatic carboxylic acids is 1. The fourth-order valence-electron chi connectivity index (χ4n) is 4.30. The van der Waals surface area contributed by atoms with Crippen LogP contribution in [0.15, 0.2) is 29.6 Å². The van der Waals surface area contributed by atoms with E-state index in [-0.39, 0.29) is 11.8 Å². The summed E-state index contributed by atoms with van der Waals surface area (Å²) in [5, 5.41) is 13.3. The second kappa shape index (κ2) is 11.2. The molecule has 2 fully saturated rings. The molecule has 0 aliphatic carbocycles. The summed E-state index contributed by atoms with van der Waals surface area (Å²) in [6.45, 7) is 5.21. The lowest BCUT2D eigenvalue weighted by Crippen LogP contribution is -2.67. The summed E-state index contributed by atoms with van der Waals surface area (Å²) in [6.07, 6.45) is -3.84. The Kier molecular flexibility index (Phi) is 8.56. The zero-order valence-corrected chi connectivity index (χ0v) is 20.6. The van der Waals surface area contributed by atoms with E-state index in [0.29, 0.717) is 50.3 Å².